The van der Waals surface area contributed by atoms with Gasteiger partial charge in [0.25, 0.3) is 0 Å². The molecular weight excluding hydrogens is 228 g/mol. The van der Waals surface area contributed by atoms with Gasteiger partial charge in [0.15, 0.2) is 0 Å². The molecule has 1 atom stereocenters. The van der Waals surface area contributed by atoms with E-state index in [1.54, 1.807) is 12.0 Å². The van der Waals surface area contributed by atoms with Crippen molar-refractivity contribution in [2.45, 2.75) is 18.9 Å². The number of likely N-dealkylation sites (N-methyl/N-ethyl adjacent to an activating group) is 1. The van der Waals surface area contributed by atoms with Crippen LogP contribution in [0.4, 0.5) is 0 Å². The molecule has 0 aromatic heterocycles. The lowest BCUT2D eigenvalue weighted by Gasteiger charge is -2.31. The van der Waals surface area contributed by atoms with Gasteiger partial charge in [0.05, 0.1) is 7.11 Å². The van der Waals surface area contributed by atoms with Crippen molar-refractivity contribution in [3.63, 3.8) is 0 Å². The number of nitrogens with one attached hydrogen (secondary N) is 1. The Kier molecular flexibility index (Phi) is 3.57. The number of rotatable bonds is 2. The minimum atomic E-state index is -0.641. The van der Waals surface area contributed by atoms with E-state index in [-0.39, 0.29) is 5.91 Å². The lowest BCUT2D eigenvalue weighted by molar-refractivity contribution is -0.135. The van der Waals surface area contributed by atoms with Crippen molar-refractivity contribution >= 4 is 5.91 Å². The largest absolute Gasteiger partial charge is 0.497 e. The van der Waals surface area contributed by atoms with E-state index in [0.29, 0.717) is 0 Å². The molecule has 0 radical (unpaired) electrons. The number of amides is 1. The molecule has 18 heavy (non-hydrogen) atoms. The number of carbonyl (C=O) groups is 1. The minimum absolute atomic E-state index is 0.116. The molecule has 2 rings (SSSR count). The summed E-state index contributed by atoms with van der Waals surface area (Å²) in [7, 11) is 3.50. The summed E-state index contributed by atoms with van der Waals surface area (Å²) in [6.45, 7) is 3.59. The van der Waals surface area contributed by atoms with E-state index in [9.17, 15) is 4.79 Å². The van der Waals surface area contributed by atoms with Gasteiger partial charge in [-0.15, -0.1) is 0 Å². The number of carbonyl (C=O) groups excluding carboxylic acids is 1. The highest BCUT2D eigenvalue weighted by Crippen LogP contribution is 2.26. The zero-order valence-electron chi connectivity index (χ0n) is 11.2. The smallest absolute Gasteiger partial charge is 0.246 e. The molecule has 1 aliphatic rings. The summed E-state index contributed by atoms with van der Waals surface area (Å²) in [6.07, 6.45) is 0.980. The van der Waals surface area contributed by atoms with E-state index >= 15 is 0 Å². The summed E-state index contributed by atoms with van der Waals surface area (Å²) in [5.41, 5.74) is 0.333. The maximum absolute atomic E-state index is 12.5. The van der Waals surface area contributed by atoms with Crippen LogP contribution in [0.3, 0.4) is 0 Å². The summed E-state index contributed by atoms with van der Waals surface area (Å²) in [4.78, 5) is 14.3. The highest BCUT2D eigenvalue weighted by molar-refractivity contribution is 5.87. The Morgan fingerprint density at radius 3 is 2.61 bits per heavy atom. The van der Waals surface area contributed by atoms with Crippen LogP contribution in [0.1, 0.15) is 18.9 Å². The van der Waals surface area contributed by atoms with Gasteiger partial charge in [-0.1, -0.05) is 12.1 Å². The Morgan fingerprint density at radius 2 is 2.00 bits per heavy atom. The first-order valence-electron chi connectivity index (χ1n) is 6.23. The lowest BCUT2D eigenvalue weighted by atomic mass is 9.90. The van der Waals surface area contributed by atoms with E-state index in [2.05, 4.69) is 5.32 Å². The predicted molar refractivity (Wildman–Crippen MR) is 70.6 cm³/mol. The third kappa shape index (κ3) is 2.20. The number of hydrogen-bond donors (Lipinski definition) is 1. The van der Waals surface area contributed by atoms with Gasteiger partial charge in [-0.25, -0.2) is 0 Å². The van der Waals surface area contributed by atoms with E-state index in [0.717, 1.165) is 30.8 Å². The maximum atomic E-state index is 12.5. The van der Waals surface area contributed by atoms with Gasteiger partial charge in [-0.3, -0.25) is 10.1 Å². The monoisotopic (exact) mass is 248 g/mol. The molecule has 1 fully saturated rings. The Morgan fingerprint density at radius 1 is 1.33 bits per heavy atom. The average Bonchev–Trinajstić information content (AvgIpc) is 2.53. The zero-order valence-corrected chi connectivity index (χ0v) is 11.2. The molecule has 4 nitrogen and oxygen atoms in total. The van der Waals surface area contributed by atoms with E-state index in [1.807, 2.05) is 38.2 Å². The highest BCUT2D eigenvalue weighted by atomic mass is 16.5. The number of benzene rings is 1. The van der Waals surface area contributed by atoms with E-state index < -0.39 is 5.54 Å². The fourth-order valence-electron chi connectivity index (χ4n) is 2.36. The fraction of sp³-hybridized carbons (Fsp3) is 0.500. The van der Waals surface area contributed by atoms with Crippen LogP contribution in [0.25, 0.3) is 0 Å². The second-order valence-corrected chi connectivity index (χ2v) is 4.86. The SMILES string of the molecule is COc1ccc(C2(C)NCCCN(C)C2=O)cc1. The number of methoxy groups -OCH3 is 1. The molecule has 1 heterocycles. The number of ether oxygens (including phenoxy) is 1. The highest BCUT2D eigenvalue weighted by Gasteiger charge is 2.38. The first kappa shape index (κ1) is 12.9. The molecule has 1 N–H and O–H groups in total. The maximum Gasteiger partial charge on any atom is 0.246 e. The van der Waals surface area contributed by atoms with Gasteiger partial charge in [0.1, 0.15) is 11.3 Å². The average molecular weight is 248 g/mol. The van der Waals surface area contributed by atoms with Crippen LogP contribution in [-0.4, -0.2) is 38.1 Å². The molecule has 0 aliphatic carbocycles. The van der Waals surface area contributed by atoms with Gasteiger partial charge in [0, 0.05) is 13.6 Å². The van der Waals surface area contributed by atoms with Gasteiger partial charge in [-0.2, -0.15) is 0 Å². The van der Waals surface area contributed by atoms with Crippen molar-refractivity contribution in [1.82, 2.24) is 10.2 Å². The van der Waals surface area contributed by atoms with Crippen molar-refractivity contribution in [3.05, 3.63) is 29.8 Å². The Bertz CT molecular complexity index is 430. The first-order valence-corrected chi connectivity index (χ1v) is 6.23. The molecule has 0 spiro atoms. The van der Waals surface area contributed by atoms with Crippen molar-refractivity contribution in [3.8, 4) is 5.75 Å². The normalized spacial score (nSPS) is 24.8. The summed E-state index contributed by atoms with van der Waals surface area (Å²) in [5.74, 6) is 0.918. The van der Waals surface area contributed by atoms with E-state index in [4.69, 9.17) is 4.74 Å². The molecular formula is C14H20N2O2. The molecule has 1 aromatic rings. The van der Waals surface area contributed by atoms with Crippen molar-refractivity contribution in [2.24, 2.45) is 0 Å². The van der Waals surface area contributed by atoms with Gasteiger partial charge in [-0.05, 0) is 37.6 Å². The van der Waals surface area contributed by atoms with Crippen molar-refractivity contribution in [1.29, 1.82) is 0 Å². The molecule has 1 aliphatic heterocycles. The third-order valence-electron chi connectivity index (χ3n) is 3.59. The zero-order chi connectivity index (χ0) is 13.2. The van der Waals surface area contributed by atoms with Crippen LogP contribution < -0.4 is 10.1 Å². The molecule has 1 amide bonds. The van der Waals surface area contributed by atoms with Crippen LogP contribution >= 0.6 is 0 Å². The van der Waals surface area contributed by atoms with E-state index in [1.165, 1.54) is 0 Å². The quantitative estimate of drug-likeness (QED) is 0.859. The van der Waals surface area contributed by atoms with Crippen LogP contribution in [0, 0.1) is 0 Å². The first-order chi connectivity index (χ1) is 8.58. The molecule has 0 bridgehead atoms. The summed E-state index contributed by atoms with van der Waals surface area (Å²) in [6, 6.07) is 7.67. The number of nitrogens with zero attached hydrogens (tertiary/aromatic N) is 1. The summed E-state index contributed by atoms with van der Waals surface area (Å²) >= 11 is 0. The lowest BCUT2D eigenvalue weighted by Crippen LogP contribution is -2.50. The third-order valence-corrected chi connectivity index (χ3v) is 3.59. The topological polar surface area (TPSA) is 41.6 Å². The Balaban J connectivity index is 2.34. The Labute approximate surface area is 108 Å². The van der Waals surface area contributed by atoms with Gasteiger partial charge >= 0.3 is 0 Å². The van der Waals surface area contributed by atoms with Crippen molar-refractivity contribution < 1.29 is 9.53 Å². The van der Waals surface area contributed by atoms with Crippen LogP contribution in [0.2, 0.25) is 0 Å². The van der Waals surface area contributed by atoms with Gasteiger partial charge < -0.3 is 9.64 Å². The fourth-order valence-corrected chi connectivity index (χ4v) is 2.36. The standard InChI is InChI=1S/C14H20N2O2/c1-14(11-5-7-12(18-3)8-6-11)13(17)16(2)10-4-9-15-14/h5-8,15H,4,9-10H2,1-3H3. The molecule has 1 saturated heterocycles. The predicted octanol–water partition coefficient (Wildman–Crippen LogP) is 1.36. The minimum Gasteiger partial charge on any atom is -0.497 e. The molecule has 1 unspecified atom stereocenters. The molecule has 1 aromatic carbocycles. The van der Waals surface area contributed by atoms with Gasteiger partial charge in [0.2, 0.25) is 5.91 Å². The van der Waals surface area contributed by atoms with Crippen LogP contribution in [0.15, 0.2) is 24.3 Å². The van der Waals surface area contributed by atoms with Crippen molar-refractivity contribution in [2.75, 3.05) is 27.2 Å². The molecule has 0 saturated carbocycles. The summed E-state index contributed by atoms with van der Waals surface area (Å²) < 4.78 is 5.15. The number of hydrogen-bond acceptors (Lipinski definition) is 3. The van der Waals surface area contributed by atoms with Crippen LogP contribution in [0.5, 0.6) is 5.75 Å². The molecule has 98 valence electrons. The summed E-state index contributed by atoms with van der Waals surface area (Å²) in [5, 5.41) is 3.36. The second kappa shape index (κ2) is 4.98. The Hall–Kier alpha value is -1.55. The van der Waals surface area contributed by atoms with Crippen LogP contribution in [-0.2, 0) is 10.3 Å². The molecule has 4 heteroatoms. The second-order valence-electron chi connectivity index (χ2n) is 4.86.